The van der Waals surface area contributed by atoms with Gasteiger partial charge in [-0.25, -0.2) is 4.39 Å². The second-order valence-corrected chi connectivity index (χ2v) is 5.67. The molecule has 0 amide bonds. The molecule has 0 aliphatic heterocycles. The smallest absolute Gasteiger partial charge is 0.124 e. The van der Waals surface area contributed by atoms with Gasteiger partial charge in [0.25, 0.3) is 0 Å². The van der Waals surface area contributed by atoms with Crippen molar-refractivity contribution in [3.05, 3.63) is 29.6 Å². The van der Waals surface area contributed by atoms with Crippen LogP contribution in [0.25, 0.3) is 0 Å². The van der Waals surface area contributed by atoms with Crippen LogP contribution in [0.15, 0.2) is 18.2 Å². The molecule has 3 N–H and O–H groups in total. The zero-order chi connectivity index (χ0) is 14.5. The fourth-order valence-corrected chi connectivity index (χ4v) is 3.12. The van der Waals surface area contributed by atoms with E-state index >= 15 is 0 Å². The molecule has 1 aliphatic carbocycles. The number of aliphatic hydroxyl groups is 1. The maximum absolute atomic E-state index is 13.4. The van der Waals surface area contributed by atoms with Gasteiger partial charge in [0.15, 0.2) is 0 Å². The fraction of sp³-hybridized carbons (Fsp3) is 0.533. The highest BCUT2D eigenvalue weighted by molar-refractivity contribution is 7.80. The molecule has 5 heteroatoms. The van der Waals surface area contributed by atoms with Crippen molar-refractivity contribution in [1.29, 1.82) is 0 Å². The van der Waals surface area contributed by atoms with E-state index < -0.39 is 0 Å². The third-order valence-corrected chi connectivity index (χ3v) is 4.11. The fourth-order valence-electron chi connectivity index (χ4n) is 2.96. The van der Waals surface area contributed by atoms with E-state index in [1.165, 1.54) is 31.4 Å². The van der Waals surface area contributed by atoms with Gasteiger partial charge in [0.1, 0.15) is 10.8 Å². The Morgan fingerprint density at radius 2 is 2.05 bits per heavy atom. The molecule has 0 radical (unpaired) electrons. The number of halogens is 1. The van der Waals surface area contributed by atoms with Gasteiger partial charge in [-0.05, 0) is 31.0 Å². The van der Waals surface area contributed by atoms with Gasteiger partial charge in [0, 0.05) is 23.8 Å². The molecule has 0 bridgehead atoms. The Morgan fingerprint density at radius 1 is 1.35 bits per heavy atom. The Kier molecular flexibility index (Phi) is 5.31. The van der Waals surface area contributed by atoms with Crippen LogP contribution in [0.4, 0.5) is 10.1 Å². The Hall–Kier alpha value is -1.20. The molecule has 1 saturated carbocycles. The average Bonchev–Trinajstić information content (AvgIpc) is 2.46. The lowest BCUT2D eigenvalue weighted by Gasteiger charge is -2.37. The van der Waals surface area contributed by atoms with E-state index in [-0.39, 0.29) is 17.4 Å². The Labute approximate surface area is 124 Å². The zero-order valence-electron chi connectivity index (χ0n) is 11.5. The van der Waals surface area contributed by atoms with Crippen LogP contribution in [0, 0.1) is 5.82 Å². The van der Waals surface area contributed by atoms with Crippen LogP contribution in [0.5, 0.6) is 0 Å². The lowest BCUT2D eigenvalue weighted by atomic mass is 9.93. The molecule has 0 unspecified atom stereocenters. The van der Waals surface area contributed by atoms with Crippen LogP contribution in [0.1, 0.15) is 37.7 Å². The molecule has 1 fully saturated rings. The molecule has 1 aromatic carbocycles. The Balaban J connectivity index is 2.35. The van der Waals surface area contributed by atoms with Gasteiger partial charge in [0.2, 0.25) is 0 Å². The monoisotopic (exact) mass is 296 g/mol. The van der Waals surface area contributed by atoms with E-state index in [0.29, 0.717) is 18.2 Å². The van der Waals surface area contributed by atoms with Gasteiger partial charge in [-0.15, -0.1) is 0 Å². The third-order valence-electron chi connectivity index (χ3n) is 3.89. The number of anilines is 1. The van der Waals surface area contributed by atoms with Crippen LogP contribution in [-0.2, 0) is 0 Å². The number of aliphatic hydroxyl groups excluding tert-OH is 1. The van der Waals surface area contributed by atoms with Crippen molar-refractivity contribution in [2.45, 2.75) is 38.1 Å². The van der Waals surface area contributed by atoms with Gasteiger partial charge in [-0.2, -0.15) is 0 Å². The number of hydrogen-bond acceptors (Lipinski definition) is 3. The molecular weight excluding hydrogens is 275 g/mol. The summed E-state index contributed by atoms with van der Waals surface area (Å²) in [5.41, 5.74) is 7.11. The normalized spacial score (nSPS) is 16.1. The number of hydrogen-bond donors (Lipinski definition) is 2. The van der Waals surface area contributed by atoms with E-state index in [0.717, 1.165) is 18.5 Å². The number of thiocarbonyl (C=S) groups is 1. The minimum absolute atomic E-state index is 0.0602. The summed E-state index contributed by atoms with van der Waals surface area (Å²) in [5, 5.41) is 9.33. The van der Waals surface area contributed by atoms with Crippen LogP contribution >= 0.6 is 12.2 Å². The average molecular weight is 296 g/mol. The quantitative estimate of drug-likeness (QED) is 0.820. The summed E-state index contributed by atoms with van der Waals surface area (Å²) >= 11 is 5.04. The van der Waals surface area contributed by atoms with Crippen molar-refractivity contribution < 1.29 is 9.50 Å². The zero-order valence-corrected chi connectivity index (χ0v) is 12.3. The first-order valence-electron chi connectivity index (χ1n) is 7.10. The number of nitrogens with zero attached hydrogens (tertiary/aromatic N) is 1. The van der Waals surface area contributed by atoms with E-state index in [2.05, 4.69) is 4.90 Å². The van der Waals surface area contributed by atoms with Gasteiger partial charge in [-0.1, -0.05) is 31.5 Å². The summed E-state index contributed by atoms with van der Waals surface area (Å²) < 4.78 is 13.4. The van der Waals surface area contributed by atoms with Crippen molar-refractivity contribution in [2.75, 3.05) is 18.1 Å². The standard InChI is InChI=1S/C15H21FN2OS/c16-11-6-7-14(13(10-11)15(17)20)18(8-9-19)12-4-2-1-3-5-12/h6-7,10,12,19H,1-5,8-9H2,(H2,17,20). The number of rotatable bonds is 5. The molecule has 1 aromatic rings. The van der Waals surface area contributed by atoms with Crippen LogP contribution < -0.4 is 10.6 Å². The molecule has 3 nitrogen and oxygen atoms in total. The third kappa shape index (κ3) is 3.46. The van der Waals surface area contributed by atoms with Gasteiger partial charge in [-0.3, -0.25) is 0 Å². The second kappa shape index (κ2) is 6.99. The summed E-state index contributed by atoms with van der Waals surface area (Å²) in [7, 11) is 0. The first-order valence-corrected chi connectivity index (χ1v) is 7.51. The molecule has 20 heavy (non-hydrogen) atoms. The number of nitrogens with two attached hydrogens (primary N) is 1. The highest BCUT2D eigenvalue weighted by Crippen LogP contribution is 2.30. The van der Waals surface area contributed by atoms with Crippen molar-refractivity contribution in [1.82, 2.24) is 0 Å². The van der Waals surface area contributed by atoms with E-state index in [1.807, 2.05) is 0 Å². The molecule has 0 atom stereocenters. The van der Waals surface area contributed by atoms with Crippen LogP contribution in [0.2, 0.25) is 0 Å². The molecule has 0 saturated heterocycles. The topological polar surface area (TPSA) is 49.5 Å². The van der Waals surface area contributed by atoms with Crippen molar-refractivity contribution in [3.8, 4) is 0 Å². The Morgan fingerprint density at radius 3 is 2.65 bits per heavy atom. The summed E-state index contributed by atoms with van der Waals surface area (Å²) in [6, 6.07) is 4.89. The van der Waals surface area contributed by atoms with Gasteiger partial charge >= 0.3 is 0 Å². The molecule has 2 rings (SSSR count). The van der Waals surface area contributed by atoms with E-state index in [4.69, 9.17) is 18.0 Å². The molecule has 0 spiro atoms. The van der Waals surface area contributed by atoms with E-state index in [1.54, 1.807) is 6.07 Å². The van der Waals surface area contributed by atoms with E-state index in [9.17, 15) is 9.50 Å². The maximum Gasteiger partial charge on any atom is 0.124 e. The SMILES string of the molecule is NC(=S)c1cc(F)ccc1N(CCO)C1CCCCC1. The van der Waals surface area contributed by atoms with Gasteiger partial charge in [0.05, 0.1) is 6.61 Å². The summed E-state index contributed by atoms with van der Waals surface area (Å²) in [5.74, 6) is -0.343. The molecule has 0 heterocycles. The Bertz CT molecular complexity index is 475. The summed E-state index contributed by atoms with van der Waals surface area (Å²) in [6.45, 7) is 0.580. The molecule has 0 aromatic heterocycles. The largest absolute Gasteiger partial charge is 0.395 e. The van der Waals surface area contributed by atoms with Crippen molar-refractivity contribution in [2.24, 2.45) is 5.73 Å². The predicted molar refractivity (Wildman–Crippen MR) is 83.6 cm³/mol. The van der Waals surface area contributed by atoms with Crippen molar-refractivity contribution in [3.63, 3.8) is 0 Å². The second-order valence-electron chi connectivity index (χ2n) is 5.23. The first-order chi connectivity index (χ1) is 9.63. The minimum Gasteiger partial charge on any atom is -0.395 e. The van der Waals surface area contributed by atoms with Crippen molar-refractivity contribution >= 4 is 22.9 Å². The highest BCUT2D eigenvalue weighted by atomic mass is 32.1. The predicted octanol–water partition coefficient (Wildman–Crippen LogP) is 2.59. The van der Waals surface area contributed by atoms with Gasteiger partial charge < -0.3 is 15.7 Å². The first kappa shape index (κ1) is 15.2. The molecule has 1 aliphatic rings. The lowest BCUT2D eigenvalue weighted by Crippen LogP contribution is -2.40. The summed E-state index contributed by atoms with van der Waals surface area (Å²) in [4.78, 5) is 2.32. The molecular formula is C15H21FN2OS. The van der Waals surface area contributed by atoms with Crippen LogP contribution in [0.3, 0.4) is 0 Å². The summed E-state index contributed by atoms with van der Waals surface area (Å²) in [6.07, 6.45) is 5.82. The lowest BCUT2D eigenvalue weighted by molar-refractivity contribution is 0.290. The minimum atomic E-state index is -0.343. The number of benzene rings is 1. The maximum atomic E-state index is 13.4. The van der Waals surface area contributed by atoms with Crippen LogP contribution in [-0.4, -0.2) is 29.3 Å². The molecule has 110 valence electrons. The highest BCUT2D eigenvalue weighted by Gasteiger charge is 2.23.